The third-order valence-corrected chi connectivity index (χ3v) is 3.03. The average molecular weight is 282 g/mol. The van der Waals surface area contributed by atoms with E-state index in [1.807, 2.05) is 19.1 Å². The molecule has 3 aromatic rings. The zero-order chi connectivity index (χ0) is 14.8. The van der Waals surface area contributed by atoms with Crippen LogP contribution in [0.3, 0.4) is 0 Å². The van der Waals surface area contributed by atoms with Crippen LogP contribution in [-0.2, 0) is 0 Å². The van der Waals surface area contributed by atoms with E-state index in [0.29, 0.717) is 11.1 Å². The van der Waals surface area contributed by atoms with Gasteiger partial charge in [0.2, 0.25) is 11.6 Å². The van der Waals surface area contributed by atoms with Gasteiger partial charge in [-0.2, -0.15) is 4.98 Å². The van der Waals surface area contributed by atoms with Gasteiger partial charge in [0.05, 0.1) is 0 Å². The summed E-state index contributed by atoms with van der Waals surface area (Å²) in [4.78, 5) is 16.3. The SMILES string of the molecule is Cc1ccc(C(=O)c2noc(-c3ccc(F)cc3)n2)cc1. The van der Waals surface area contributed by atoms with Gasteiger partial charge in [-0.15, -0.1) is 0 Å². The van der Waals surface area contributed by atoms with Crippen molar-refractivity contribution < 1.29 is 13.7 Å². The van der Waals surface area contributed by atoms with Gasteiger partial charge in [-0.05, 0) is 31.2 Å². The minimum atomic E-state index is -0.353. The Morgan fingerprint density at radius 1 is 1.05 bits per heavy atom. The minimum absolute atomic E-state index is 0.0156. The second-order valence-electron chi connectivity index (χ2n) is 4.63. The number of rotatable bonds is 3. The van der Waals surface area contributed by atoms with Crippen LogP contribution in [0, 0.1) is 12.7 Å². The molecule has 5 heteroatoms. The average Bonchev–Trinajstić information content (AvgIpc) is 2.98. The second kappa shape index (κ2) is 5.28. The van der Waals surface area contributed by atoms with Gasteiger partial charge in [0.25, 0.3) is 5.89 Å². The fourth-order valence-corrected chi connectivity index (χ4v) is 1.86. The molecule has 21 heavy (non-hydrogen) atoms. The Labute approximate surface area is 120 Å². The molecule has 3 rings (SSSR count). The highest BCUT2D eigenvalue weighted by Crippen LogP contribution is 2.18. The maximum Gasteiger partial charge on any atom is 0.258 e. The topological polar surface area (TPSA) is 56.0 Å². The van der Waals surface area contributed by atoms with Crippen LogP contribution in [0.5, 0.6) is 0 Å². The van der Waals surface area contributed by atoms with Crippen LogP contribution in [0.4, 0.5) is 4.39 Å². The van der Waals surface area contributed by atoms with E-state index in [-0.39, 0.29) is 23.3 Å². The zero-order valence-electron chi connectivity index (χ0n) is 11.2. The van der Waals surface area contributed by atoms with Crippen molar-refractivity contribution >= 4 is 5.78 Å². The quantitative estimate of drug-likeness (QED) is 0.691. The molecule has 4 nitrogen and oxygen atoms in total. The Morgan fingerprint density at radius 2 is 1.71 bits per heavy atom. The molecule has 0 aliphatic rings. The minimum Gasteiger partial charge on any atom is -0.333 e. The lowest BCUT2D eigenvalue weighted by Gasteiger charge is -1.96. The zero-order valence-corrected chi connectivity index (χ0v) is 11.2. The number of aryl methyl sites for hydroxylation is 1. The Hall–Kier alpha value is -2.82. The van der Waals surface area contributed by atoms with E-state index >= 15 is 0 Å². The molecule has 0 bridgehead atoms. The summed E-state index contributed by atoms with van der Waals surface area (Å²) in [6.07, 6.45) is 0. The molecule has 1 heterocycles. The third kappa shape index (κ3) is 2.72. The van der Waals surface area contributed by atoms with Crippen LogP contribution in [0.2, 0.25) is 0 Å². The van der Waals surface area contributed by atoms with Gasteiger partial charge in [0, 0.05) is 11.1 Å². The first-order valence-corrected chi connectivity index (χ1v) is 6.34. The molecule has 0 spiro atoms. The second-order valence-corrected chi connectivity index (χ2v) is 4.63. The molecular weight excluding hydrogens is 271 g/mol. The van der Waals surface area contributed by atoms with Crippen LogP contribution in [0.25, 0.3) is 11.5 Å². The Morgan fingerprint density at radius 3 is 2.38 bits per heavy atom. The first kappa shape index (κ1) is 13.2. The number of carbonyl (C=O) groups excluding carboxylic acids is 1. The maximum absolute atomic E-state index is 12.9. The van der Waals surface area contributed by atoms with Crippen molar-refractivity contribution in [1.82, 2.24) is 10.1 Å². The van der Waals surface area contributed by atoms with Crippen molar-refractivity contribution in [3.63, 3.8) is 0 Å². The summed E-state index contributed by atoms with van der Waals surface area (Å²) in [5, 5.41) is 3.68. The summed E-state index contributed by atoms with van der Waals surface area (Å²) in [6.45, 7) is 1.94. The standard InChI is InChI=1S/C16H11FN2O2/c1-10-2-4-11(5-3-10)14(20)15-18-16(21-19-15)12-6-8-13(17)9-7-12/h2-9H,1H3. The molecule has 0 radical (unpaired) electrons. The predicted octanol–water partition coefficient (Wildman–Crippen LogP) is 3.42. The number of nitrogens with zero attached hydrogens (tertiary/aromatic N) is 2. The van der Waals surface area contributed by atoms with Crippen LogP contribution in [0.15, 0.2) is 53.1 Å². The van der Waals surface area contributed by atoms with Gasteiger partial charge in [-0.3, -0.25) is 4.79 Å². The molecule has 1 aromatic heterocycles. The van der Waals surface area contributed by atoms with Gasteiger partial charge in [-0.1, -0.05) is 35.0 Å². The van der Waals surface area contributed by atoms with Crippen molar-refractivity contribution in [1.29, 1.82) is 0 Å². The molecule has 0 atom stereocenters. The number of hydrogen-bond donors (Lipinski definition) is 0. The lowest BCUT2D eigenvalue weighted by molar-refractivity contribution is 0.102. The van der Waals surface area contributed by atoms with E-state index in [1.54, 1.807) is 12.1 Å². The number of benzene rings is 2. The Bertz CT molecular complexity index is 777. The largest absolute Gasteiger partial charge is 0.333 e. The summed E-state index contributed by atoms with van der Waals surface area (Å²) in [7, 11) is 0. The highest BCUT2D eigenvalue weighted by atomic mass is 19.1. The molecule has 0 amide bonds. The van der Waals surface area contributed by atoms with Gasteiger partial charge >= 0.3 is 0 Å². The van der Waals surface area contributed by atoms with Crippen molar-refractivity contribution in [3.8, 4) is 11.5 Å². The van der Waals surface area contributed by atoms with Crippen LogP contribution < -0.4 is 0 Å². The first-order chi connectivity index (χ1) is 10.1. The summed E-state index contributed by atoms with van der Waals surface area (Å²) in [6, 6.07) is 12.7. The molecule has 2 aromatic carbocycles. The summed E-state index contributed by atoms with van der Waals surface area (Å²) < 4.78 is 17.9. The van der Waals surface area contributed by atoms with Gasteiger partial charge in [0.1, 0.15) is 5.82 Å². The normalized spacial score (nSPS) is 10.6. The number of hydrogen-bond acceptors (Lipinski definition) is 4. The van der Waals surface area contributed by atoms with Crippen molar-refractivity contribution in [2.45, 2.75) is 6.92 Å². The summed E-state index contributed by atoms with van der Waals surface area (Å²) >= 11 is 0. The van der Waals surface area contributed by atoms with Gasteiger partial charge in [0.15, 0.2) is 0 Å². The molecule has 0 N–H and O–H groups in total. The van der Waals surface area contributed by atoms with E-state index in [0.717, 1.165) is 5.56 Å². The molecule has 0 aliphatic carbocycles. The predicted molar refractivity (Wildman–Crippen MR) is 74.3 cm³/mol. The smallest absolute Gasteiger partial charge is 0.258 e. The molecule has 0 saturated carbocycles. The number of aromatic nitrogens is 2. The Balaban J connectivity index is 1.89. The lowest BCUT2D eigenvalue weighted by Crippen LogP contribution is -2.03. The molecule has 0 unspecified atom stereocenters. The fraction of sp³-hybridized carbons (Fsp3) is 0.0625. The van der Waals surface area contributed by atoms with Crippen molar-refractivity contribution in [3.05, 3.63) is 71.3 Å². The van der Waals surface area contributed by atoms with Crippen molar-refractivity contribution in [2.24, 2.45) is 0 Å². The number of carbonyl (C=O) groups is 1. The molecule has 104 valence electrons. The first-order valence-electron chi connectivity index (χ1n) is 6.34. The monoisotopic (exact) mass is 282 g/mol. The molecule has 0 fully saturated rings. The third-order valence-electron chi connectivity index (χ3n) is 3.03. The van der Waals surface area contributed by atoms with Crippen LogP contribution in [-0.4, -0.2) is 15.9 Å². The van der Waals surface area contributed by atoms with E-state index in [9.17, 15) is 9.18 Å². The van der Waals surface area contributed by atoms with Crippen molar-refractivity contribution in [2.75, 3.05) is 0 Å². The highest BCUT2D eigenvalue weighted by Gasteiger charge is 2.17. The Kier molecular flexibility index (Phi) is 3.31. The maximum atomic E-state index is 12.9. The molecule has 0 saturated heterocycles. The summed E-state index contributed by atoms with van der Waals surface area (Å²) in [5.41, 5.74) is 2.12. The lowest BCUT2D eigenvalue weighted by atomic mass is 10.1. The summed E-state index contributed by atoms with van der Waals surface area (Å²) in [5.74, 6) is -0.495. The van der Waals surface area contributed by atoms with Gasteiger partial charge in [-0.25, -0.2) is 4.39 Å². The fourth-order valence-electron chi connectivity index (χ4n) is 1.86. The van der Waals surface area contributed by atoms with E-state index in [4.69, 9.17) is 4.52 Å². The van der Waals surface area contributed by atoms with E-state index < -0.39 is 0 Å². The van der Waals surface area contributed by atoms with E-state index in [1.165, 1.54) is 24.3 Å². The van der Waals surface area contributed by atoms with E-state index in [2.05, 4.69) is 10.1 Å². The molecule has 0 aliphatic heterocycles. The van der Waals surface area contributed by atoms with Crippen LogP contribution >= 0.6 is 0 Å². The highest BCUT2D eigenvalue weighted by molar-refractivity contribution is 6.06. The van der Waals surface area contributed by atoms with Crippen LogP contribution in [0.1, 0.15) is 21.7 Å². The molecular formula is C16H11FN2O2. The van der Waals surface area contributed by atoms with Gasteiger partial charge < -0.3 is 4.52 Å². The number of halogens is 1. The number of ketones is 1.